The van der Waals surface area contributed by atoms with Crippen molar-refractivity contribution in [3.63, 3.8) is 0 Å². The van der Waals surface area contributed by atoms with Gasteiger partial charge in [-0.25, -0.2) is 8.42 Å². The second kappa shape index (κ2) is 7.50. The summed E-state index contributed by atoms with van der Waals surface area (Å²) in [6.07, 6.45) is 1.12. The molecule has 1 aromatic heterocycles. The molecule has 1 fully saturated rings. The number of sulfonamides is 1. The van der Waals surface area contributed by atoms with Gasteiger partial charge >= 0.3 is 0 Å². The van der Waals surface area contributed by atoms with Gasteiger partial charge in [-0.1, -0.05) is 6.07 Å². The fourth-order valence-electron chi connectivity index (χ4n) is 3.54. The van der Waals surface area contributed by atoms with Gasteiger partial charge < -0.3 is 4.74 Å². The first-order valence-corrected chi connectivity index (χ1v) is 10.9. The highest BCUT2D eigenvalue weighted by molar-refractivity contribution is 7.89. The van der Waals surface area contributed by atoms with Gasteiger partial charge in [-0.05, 0) is 61.4 Å². The van der Waals surface area contributed by atoms with Gasteiger partial charge in [-0.2, -0.15) is 4.31 Å². The van der Waals surface area contributed by atoms with E-state index in [-0.39, 0.29) is 11.7 Å². The molecule has 1 aromatic carbocycles. The number of thiophene rings is 1. The number of carbonyl (C=O) groups is 1. The SMILES string of the molecule is COc1cc(C)c(S(=O)(=O)N2CCC(C(=O)c3cccs3)CC2)c(C)c1. The fourth-order valence-corrected chi connectivity index (χ4v) is 6.17. The number of Topliss-reactive ketones (excluding diaryl/α,β-unsaturated/α-hetero) is 1. The summed E-state index contributed by atoms with van der Waals surface area (Å²) in [5.74, 6) is 0.686. The molecule has 0 radical (unpaired) electrons. The molecule has 0 unspecified atom stereocenters. The molecule has 0 amide bonds. The Hall–Kier alpha value is -1.70. The number of methoxy groups -OCH3 is 1. The molecule has 3 rings (SSSR count). The first-order chi connectivity index (χ1) is 12.3. The van der Waals surface area contributed by atoms with Crippen molar-refractivity contribution in [1.29, 1.82) is 0 Å². The van der Waals surface area contributed by atoms with E-state index in [1.165, 1.54) is 15.6 Å². The molecule has 1 aliphatic heterocycles. The zero-order valence-electron chi connectivity index (χ0n) is 15.2. The third-order valence-corrected chi connectivity index (χ3v) is 7.95. The van der Waals surface area contributed by atoms with Crippen LogP contribution in [0.5, 0.6) is 5.75 Å². The normalized spacial score (nSPS) is 16.6. The van der Waals surface area contributed by atoms with Crippen molar-refractivity contribution < 1.29 is 17.9 Å². The average Bonchev–Trinajstić information content (AvgIpc) is 3.15. The highest BCUT2D eigenvalue weighted by Crippen LogP contribution is 2.31. The Morgan fingerprint density at radius 1 is 1.19 bits per heavy atom. The minimum absolute atomic E-state index is 0.0989. The lowest BCUT2D eigenvalue weighted by Gasteiger charge is -2.31. The molecule has 140 valence electrons. The average molecular weight is 394 g/mol. The van der Waals surface area contributed by atoms with E-state index in [9.17, 15) is 13.2 Å². The Balaban J connectivity index is 1.78. The van der Waals surface area contributed by atoms with Gasteiger partial charge in [0.2, 0.25) is 10.0 Å². The van der Waals surface area contributed by atoms with Crippen LogP contribution in [0.3, 0.4) is 0 Å². The number of carbonyl (C=O) groups excluding carboxylic acids is 1. The number of nitrogens with zero attached hydrogens (tertiary/aromatic N) is 1. The maximum atomic E-state index is 13.1. The number of rotatable bonds is 5. The van der Waals surface area contributed by atoms with Crippen LogP contribution in [-0.2, 0) is 10.0 Å². The molecule has 0 N–H and O–H groups in total. The van der Waals surface area contributed by atoms with Crippen LogP contribution >= 0.6 is 11.3 Å². The number of benzene rings is 1. The van der Waals surface area contributed by atoms with Crippen LogP contribution in [-0.4, -0.2) is 38.7 Å². The quantitative estimate of drug-likeness (QED) is 0.727. The van der Waals surface area contributed by atoms with Gasteiger partial charge in [0.1, 0.15) is 5.75 Å². The first kappa shape index (κ1) is 19.1. The summed E-state index contributed by atoms with van der Waals surface area (Å²) in [6.45, 7) is 4.31. The second-order valence-corrected chi connectivity index (χ2v) is 9.43. The molecule has 1 aliphatic rings. The number of piperidine rings is 1. The summed E-state index contributed by atoms with van der Waals surface area (Å²) >= 11 is 1.44. The van der Waals surface area contributed by atoms with Crippen molar-refractivity contribution >= 4 is 27.1 Å². The second-order valence-electron chi connectivity index (χ2n) is 6.61. The van der Waals surface area contributed by atoms with Crippen molar-refractivity contribution in [2.45, 2.75) is 31.6 Å². The lowest BCUT2D eigenvalue weighted by atomic mass is 9.93. The maximum absolute atomic E-state index is 13.1. The van der Waals surface area contributed by atoms with Gasteiger partial charge in [0.25, 0.3) is 0 Å². The van der Waals surface area contributed by atoms with Crippen LogP contribution in [0.4, 0.5) is 0 Å². The van der Waals surface area contributed by atoms with Gasteiger partial charge in [-0.15, -0.1) is 11.3 Å². The summed E-state index contributed by atoms with van der Waals surface area (Å²) in [6, 6.07) is 7.19. The van der Waals surface area contributed by atoms with E-state index in [0.717, 1.165) is 4.88 Å². The molecule has 1 saturated heterocycles. The zero-order chi connectivity index (χ0) is 18.9. The zero-order valence-corrected chi connectivity index (χ0v) is 16.8. The van der Waals surface area contributed by atoms with Gasteiger partial charge in [0.15, 0.2) is 5.78 Å². The highest BCUT2D eigenvalue weighted by Gasteiger charge is 2.34. The van der Waals surface area contributed by atoms with Gasteiger partial charge in [0.05, 0.1) is 16.9 Å². The van der Waals surface area contributed by atoms with Crippen LogP contribution < -0.4 is 4.74 Å². The fraction of sp³-hybridized carbons (Fsp3) is 0.421. The van der Waals surface area contributed by atoms with Crippen LogP contribution in [0, 0.1) is 19.8 Å². The van der Waals surface area contributed by atoms with E-state index < -0.39 is 10.0 Å². The van der Waals surface area contributed by atoms with Crippen LogP contribution in [0.25, 0.3) is 0 Å². The predicted octanol–water partition coefficient (Wildman–Crippen LogP) is 3.66. The summed E-state index contributed by atoms with van der Waals surface area (Å²) in [4.78, 5) is 13.6. The van der Waals surface area contributed by atoms with Crippen molar-refractivity contribution in [2.24, 2.45) is 5.92 Å². The molecule has 2 heterocycles. The number of aryl methyl sites for hydroxylation is 2. The topological polar surface area (TPSA) is 63.7 Å². The summed E-state index contributed by atoms with van der Waals surface area (Å²) in [5, 5.41) is 1.89. The third-order valence-electron chi connectivity index (χ3n) is 4.86. The number of hydrogen-bond acceptors (Lipinski definition) is 5. The monoisotopic (exact) mass is 393 g/mol. The molecule has 0 atom stereocenters. The smallest absolute Gasteiger partial charge is 0.243 e. The molecule has 0 spiro atoms. The van der Waals surface area contributed by atoms with E-state index in [2.05, 4.69) is 0 Å². The lowest BCUT2D eigenvalue weighted by Crippen LogP contribution is -2.40. The van der Waals surface area contributed by atoms with E-state index >= 15 is 0 Å². The highest BCUT2D eigenvalue weighted by atomic mass is 32.2. The minimum Gasteiger partial charge on any atom is -0.497 e. The number of ketones is 1. The Labute approximate surface area is 158 Å². The molecule has 0 saturated carbocycles. The molecule has 2 aromatic rings. The number of hydrogen-bond donors (Lipinski definition) is 0. The van der Waals surface area contributed by atoms with Crippen LogP contribution in [0.1, 0.15) is 33.6 Å². The van der Waals surface area contributed by atoms with Crippen molar-refractivity contribution in [3.8, 4) is 5.75 Å². The summed E-state index contributed by atoms with van der Waals surface area (Å²) in [7, 11) is -2.01. The Kier molecular flexibility index (Phi) is 5.50. The molecule has 0 aliphatic carbocycles. The van der Waals surface area contributed by atoms with Crippen LogP contribution in [0.15, 0.2) is 34.5 Å². The predicted molar refractivity (Wildman–Crippen MR) is 103 cm³/mol. The Morgan fingerprint density at radius 3 is 2.31 bits per heavy atom. The molecular weight excluding hydrogens is 370 g/mol. The maximum Gasteiger partial charge on any atom is 0.243 e. The third kappa shape index (κ3) is 3.56. The molecule has 5 nitrogen and oxygen atoms in total. The van der Waals surface area contributed by atoms with Crippen molar-refractivity contribution in [2.75, 3.05) is 20.2 Å². The van der Waals surface area contributed by atoms with Gasteiger partial charge in [0, 0.05) is 19.0 Å². The van der Waals surface area contributed by atoms with Crippen LogP contribution in [0.2, 0.25) is 0 Å². The molecular formula is C19H23NO4S2. The number of ether oxygens (including phenoxy) is 1. The van der Waals surface area contributed by atoms with Gasteiger partial charge in [-0.3, -0.25) is 4.79 Å². The first-order valence-electron chi connectivity index (χ1n) is 8.57. The van der Waals surface area contributed by atoms with E-state index in [4.69, 9.17) is 4.74 Å². The molecule has 7 heteroatoms. The Morgan fingerprint density at radius 2 is 1.81 bits per heavy atom. The van der Waals surface area contributed by atoms with E-state index in [0.29, 0.717) is 47.7 Å². The molecule has 0 bridgehead atoms. The summed E-state index contributed by atoms with van der Waals surface area (Å²) in [5.41, 5.74) is 1.36. The minimum atomic E-state index is -3.58. The lowest BCUT2D eigenvalue weighted by molar-refractivity contribution is 0.0879. The Bertz CT molecular complexity index is 873. The van der Waals surface area contributed by atoms with E-state index in [1.54, 1.807) is 33.1 Å². The van der Waals surface area contributed by atoms with Crippen molar-refractivity contribution in [3.05, 3.63) is 45.6 Å². The van der Waals surface area contributed by atoms with E-state index in [1.807, 2.05) is 17.5 Å². The largest absolute Gasteiger partial charge is 0.497 e. The summed E-state index contributed by atoms with van der Waals surface area (Å²) < 4.78 is 33.0. The van der Waals surface area contributed by atoms with Crippen molar-refractivity contribution in [1.82, 2.24) is 4.31 Å². The molecule has 26 heavy (non-hydrogen) atoms. The standard InChI is InChI=1S/C19H23NO4S2/c1-13-11-16(24-3)12-14(2)19(13)26(22,23)20-8-6-15(7-9-20)18(21)17-5-4-10-25-17/h4-5,10-12,15H,6-9H2,1-3H3.